The van der Waals surface area contributed by atoms with Crippen molar-refractivity contribution in [3.05, 3.63) is 11.7 Å². The smallest absolute Gasteiger partial charge is 0.228 e. The Kier molecular flexibility index (Phi) is 5.28. The molecule has 1 aliphatic rings. The number of ether oxygens (including phenoxy) is 1. The zero-order chi connectivity index (χ0) is 11.9. The lowest BCUT2D eigenvalue weighted by Crippen LogP contribution is -2.32. The summed E-state index contributed by atoms with van der Waals surface area (Å²) in [5, 5.41) is 7.22. The summed E-state index contributed by atoms with van der Waals surface area (Å²) in [5.41, 5.74) is 0. The van der Waals surface area contributed by atoms with Crippen molar-refractivity contribution < 1.29 is 9.26 Å². The average Bonchev–Trinajstić information content (AvgIpc) is 2.79. The Morgan fingerprint density at radius 2 is 2.29 bits per heavy atom. The first kappa shape index (κ1) is 12.9. The molecular formula is C11H19N3O2S. The van der Waals surface area contributed by atoms with Gasteiger partial charge in [0.15, 0.2) is 5.82 Å². The molecule has 0 unspecified atom stereocenters. The highest BCUT2D eigenvalue weighted by Crippen LogP contribution is 2.09. The number of nitrogens with one attached hydrogen (secondary N) is 1. The van der Waals surface area contributed by atoms with Crippen LogP contribution in [0.4, 0.5) is 0 Å². The Labute approximate surface area is 106 Å². The summed E-state index contributed by atoms with van der Waals surface area (Å²) in [5.74, 6) is 2.26. The summed E-state index contributed by atoms with van der Waals surface area (Å²) in [6.07, 6.45) is 5.33. The molecule has 2 rings (SSSR count). The molecule has 1 aromatic heterocycles. The van der Waals surface area contributed by atoms with E-state index in [0.29, 0.717) is 25.0 Å². The summed E-state index contributed by atoms with van der Waals surface area (Å²) in [7, 11) is 0. The highest BCUT2D eigenvalue weighted by molar-refractivity contribution is 7.97. The van der Waals surface area contributed by atoms with Crippen LogP contribution in [0.1, 0.15) is 24.6 Å². The van der Waals surface area contributed by atoms with Gasteiger partial charge in [-0.3, -0.25) is 0 Å². The van der Waals surface area contributed by atoms with Gasteiger partial charge in [-0.2, -0.15) is 16.7 Å². The van der Waals surface area contributed by atoms with Crippen LogP contribution < -0.4 is 5.32 Å². The van der Waals surface area contributed by atoms with Crippen LogP contribution >= 0.6 is 11.8 Å². The molecule has 5 nitrogen and oxygen atoms in total. The van der Waals surface area contributed by atoms with Gasteiger partial charge in [0.1, 0.15) is 0 Å². The summed E-state index contributed by atoms with van der Waals surface area (Å²) >= 11 is 1.69. The second-order valence-electron chi connectivity index (χ2n) is 4.11. The van der Waals surface area contributed by atoms with Gasteiger partial charge < -0.3 is 14.6 Å². The maximum atomic E-state index is 5.78. The third kappa shape index (κ3) is 4.29. The Balaban J connectivity index is 1.66. The van der Waals surface area contributed by atoms with Gasteiger partial charge >= 0.3 is 0 Å². The third-order valence-electron chi connectivity index (χ3n) is 2.74. The van der Waals surface area contributed by atoms with Crippen LogP contribution in [0.25, 0.3) is 0 Å². The number of hydrogen-bond acceptors (Lipinski definition) is 6. The second-order valence-corrected chi connectivity index (χ2v) is 4.97. The predicted molar refractivity (Wildman–Crippen MR) is 67.1 cm³/mol. The molecule has 0 aromatic carbocycles. The minimum atomic E-state index is 0.393. The maximum absolute atomic E-state index is 5.78. The lowest BCUT2D eigenvalue weighted by molar-refractivity contribution is 0.0322. The lowest BCUT2D eigenvalue weighted by atomic mass is 10.1. The molecular weight excluding hydrogens is 238 g/mol. The van der Waals surface area contributed by atoms with Crippen LogP contribution in [0.2, 0.25) is 0 Å². The van der Waals surface area contributed by atoms with Crippen LogP contribution in [-0.4, -0.2) is 42.2 Å². The molecule has 96 valence electrons. The highest BCUT2D eigenvalue weighted by Gasteiger charge is 2.13. The van der Waals surface area contributed by atoms with Gasteiger partial charge in [-0.1, -0.05) is 5.16 Å². The molecule has 0 spiro atoms. The van der Waals surface area contributed by atoms with Crippen molar-refractivity contribution in [1.82, 2.24) is 15.5 Å². The Morgan fingerprint density at radius 1 is 1.47 bits per heavy atom. The fraction of sp³-hybridized carbons (Fsp3) is 0.818. The zero-order valence-electron chi connectivity index (χ0n) is 10.1. The normalized spacial score (nSPS) is 17.5. The quantitative estimate of drug-likeness (QED) is 0.827. The highest BCUT2D eigenvalue weighted by atomic mass is 32.2. The number of aromatic nitrogens is 2. The first-order valence-electron chi connectivity index (χ1n) is 6.01. The van der Waals surface area contributed by atoms with Crippen LogP contribution in [0.3, 0.4) is 0 Å². The molecule has 1 aliphatic heterocycles. The monoisotopic (exact) mass is 257 g/mol. The van der Waals surface area contributed by atoms with E-state index in [4.69, 9.17) is 9.26 Å². The molecule has 0 saturated carbocycles. The lowest BCUT2D eigenvalue weighted by Gasteiger charge is -2.22. The minimum absolute atomic E-state index is 0.393. The third-order valence-corrected chi connectivity index (χ3v) is 3.29. The largest absolute Gasteiger partial charge is 0.378 e. The molecule has 17 heavy (non-hydrogen) atoms. The van der Waals surface area contributed by atoms with Gasteiger partial charge in [0, 0.05) is 0 Å². The Bertz CT molecular complexity index is 326. The summed E-state index contributed by atoms with van der Waals surface area (Å²) in [6, 6.07) is 0. The minimum Gasteiger partial charge on any atom is -0.378 e. The van der Waals surface area contributed by atoms with Crippen LogP contribution in [0.15, 0.2) is 4.52 Å². The van der Waals surface area contributed by atoms with Crippen molar-refractivity contribution in [3.63, 3.8) is 0 Å². The summed E-state index contributed by atoms with van der Waals surface area (Å²) in [6.45, 7) is 2.79. The van der Waals surface area contributed by atoms with Crippen molar-refractivity contribution in [1.29, 1.82) is 0 Å². The molecule has 0 aliphatic carbocycles. The number of thioether (sulfide) groups is 1. The first-order chi connectivity index (χ1) is 8.38. The van der Waals surface area contributed by atoms with E-state index in [2.05, 4.69) is 15.5 Å². The van der Waals surface area contributed by atoms with E-state index in [-0.39, 0.29) is 0 Å². The SMILES string of the molecule is CSCc1noc(CCOC2CCNCC2)n1. The average molecular weight is 257 g/mol. The van der Waals surface area contributed by atoms with Gasteiger partial charge in [-0.15, -0.1) is 0 Å². The zero-order valence-corrected chi connectivity index (χ0v) is 11.0. The van der Waals surface area contributed by atoms with Gasteiger partial charge in [-0.05, 0) is 32.2 Å². The van der Waals surface area contributed by atoms with Gasteiger partial charge in [0.05, 0.1) is 24.9 Å². The van der Waals surface area contributed by atoms with E-state index >= 15 is 0 Å². The molecule has 0 atom stereocenters. The van der Waals surface area contributed by atoms with Crippen LogP contribution in [-0.2, 0) is 16.9 Å². The van der Waals surface area contributed by atoms with Gasteiger partial charge in [0.2, 0.25) is 5.89 Å². The summed E-state index contributed by atoms with van der Waals surface area (Å²) in [4.78, 5) is 4.29. The van der Waals surface area contributed by atoms with E-state index in [0.717, 1.165) is 37.5 Å². The molecule has 1 saturated heterocycles. The Morgan fingerprint density at radius 3 is 3.06 bits per heavy atom. The molecule has 1 fully saturated rings. The topological polar surface area (TPSA) is 60.2 Å². The molecule has 6 heteroatoms. The van der Waals surface area contributed by atoms with Gasteiger partial charge in [0.25, 0.3) is 0 Å². The molecule has 0 bridgehead atoms. The van der Waals surface area contributed by atoms with Crippen molar-refractivity contribution in [2.24, 2.45) is 0 Å². The van der Waals surface area contributed by atoms with E-state index < -0.39 is 0 Å². The maximum Gasteiger partial charge on any atom is 0.228 e. The molecule has 1 N–H and O–H groups in total. The predicted octanol–water partition coefficient (Wildman–Crippen LogP) is 1.24. The van der Waals surface area contributed by atoms with Crippen molar-refractivity contribution >= 4 is 11.8 Å². The fourth-order valence-electron chi connectivity index (χ4n) is 1.85. The van der Waals surface area contributed by atoms with E-state index in [1.54, 1.807) is 11.8 Å². The van der Waals surface area contributed by atoms with E-state index in [9.17, 15) is 0 Å². The molecule has 1 aromatic rings. The van der Waals surface area contributed by atoms with E-state index in [1.165, 1.54) is 0 Å². The van der Waals surface area contributed by atoms with Gasteiger partial charge in [-0.25, -0.2) is 0 Å². The van der Waals surface area contributed by atoms with Crippen molar-refractivity contribution in [3.8, 4) is 0 Å². The second kappa shape index (κ2) is 6.98. The molecule has 0 radical (unpaired) electrons. The van der Waals surface area contributed by atoms with Crippen LogP contribution in [0.5, 0.6) is 0 Å². The number of nitrogens with zero attached hydrogens (tertiary/aromatic N) is 2. The van der Waals surface area contributed by atoms with Crippen molar-refractivity contribution in [2.45, 2.75) is 31.1 Å². The summed E-state index contributed by atoms with van der Waals surface area (Å²) < 4.78 is 10.9. The number of piperidine rings is 1. The standard InChI is InChI=1S/C11H19N3O2S/c1-17-8-10-13-11(16-14-10)4-7-15-9-2-5-12-6-3-9/h9,12H,2-8H2,1H3. The first-order valence-corrected chi connectivity index (χ1v) is 7.40. The van der Waals surface area contributed by atoms with E-state index in [1.807, 2.05) is 6.26 Å². The van der Waals surface area contributed by atoms with Crippen LogP contribution in [0, 0.1) is 0 Å². The Hall–Kier alpha value is -0.590. The molecule has 0 amide bonds. The fourth-order valence-corrected chi connectivity index (χ4v) is 2.23. The number of rotatable bonds is 6. The number of hydrogen-bond donors (Lipinski definition) is 1. The van der Waals surface area contributed by atoms with Crippen molar-refractivity contribution in [2.75, 3.05) is 26.0 Å². The molecule has 2 heterocycles.